The molecule has 5 rings (SSSR count). The zero-order chi connectivity index (χ0) is 26.9. The van der Waals surface area contributed by atoms with Crippen LogP contribution in [0.2, 0.25) is 0 Å². The summed E-state index contributed by atoms with van der Waals surface area (Å²) in [6.07, 6.45) is 0.631. The van der Waals surface area contributed by atoms with Crippen molar-refractivity contribution < 1.29 is 27.1 Å². The zero-order valence-corrected chi connectivity index (χ0v) is 22.1. The van der Waals surface area contributed by atoms with E-state index >= 15 is 0 Å². The molecule has 38 heavy (non-hydrogen) atoms. The monoisotopic (exact) mass is 553 g/mol. The van der Waals surface area contributed by atoms with Crippen LogP contribution in [-0.2, 0) is 39.1 Å². The Labute approximate surface area is 222 Å². The van der Waals surface area contributed by atoms with Crippen molar-refractivity contribution in [1.82, 2.24) is 8.87 Å². The van der Waals surface area contributed by atoms with Crippen molar-refractivity contribution in [2.75, 3.05) is 13.2 Å². The SMILES string of the molecule is CCOC(=O)Cn1c(=NC(=O)c2ccc(S(=O)(=O)N3CCc4ccccc4C3)cc2)sc2cccc(F)c21. The van der Waals surface area contributed by atoms with E-state index in [0.717, 1.165) is 22.5 Å². The summed E-state index contributed by atoms with van der Waals surface area (Å²) in [4.78, 5) is 29.5. The first-order valence-electron chi connectivity index (χ1n) is 12.0. The Morgan fingerprint density at radius 3 is 2.50 bits per heavy atom. The van der Waals surface area contributed by atoms with Gasteiger partial charge in [0.15, 0.2) is 4.80 Å². The van der Waals surface area contributed by atoms with E-state index in [0.29, 0.717) is 17.7 Å². The number of fused-ring (bicyclic) bond motifs is 2. The number of ether oxygens (including phenoxy) is 1. The van der Waals surface area contributed by atoms with E-state index in [4.69, 9.17) is 4.74 Å². The number of rotatable bonds is 6. The smallest absolute Gasteiger partial charge is 0.326 e. The van der Waals surface area contributed by atoms with Gasteiger partial charge in [0.25, 0.3) is 5.91 Å². The standard InChI is InChI=1S/C27H24FN3O5S2/c1-2-36-24(32)17-31-25-22(28)8-5-9-23(25)37-27(31)29-26(33)19-10-12-21(13-11-19)38(34,35)30-15-14-18-6-3-4-7-20(18)16-30/h3-13H,2,14-17H2,1H3. The summed E-state index contributed by atoms with van der Waals surface area (Å²) in [5.41, 5.74) is 2.43. The summed E-state index contributed by atoms with van der Waals surface area (Å²) in [6, 6.07) is 17.8. The number of nitrogens with zero attached hydrogens (tertiary/aromatic N) is 3. The third kappa shape index (κ3) is 5.04. The fourth-order valence-corrected chi connectivity index (χ4v) is 6.86. The molecule has 0 bridgehead atoms. The van der Waals surface area contributed by atoms with Crippen LogP contribution in [0.5, 0.6) is 0 Å². The van der Waals surface area contributed by atoms with Crippen molar-refractivity contribution in [3.63, 3.8) is 0 Å². The molecule has 1 aromatic heterocycles. The number of carbonyl (C=O) groups excluding carboxylic acids is 2. The average molecular weight is 554 g/mol. The van der Waals surface area contributed by atoms with Gasteiger partial charge in [-0.05, 0) is 60.9 Å². The lowest BCUT2D eigenvalue weighted by Gasteiger charge is -2.28. The third-order valence-electron chi connectivity index (χ3n) is 6.28. The maximum absolute atomic E-state index is 14.6. The highest BCUT2D eigenvalue weighted by molar-refractivity contribution is 7.89. The largest absolute Gasteiger partial charge is 0.465 e. The molecule has 0 saturated carbocycles. The van der Waals surface area contributed by atoms with Gasteiger partial charge in [-0.25, -0.2) is 12.8 Å². The lowest BCUT2D eigenvalue weighted by atomic mass is 10.0. The highest BCUT2D eigenvalue weighted by atomic mass is 32.2. The molecule has 0 unspecified atom stereocenters. The van der Waals surface area contributed by atoms with E-state index in [1.165, 1.54) is 45.3 Å². The van der Waals surface area contributed by atoms with Crippen LogP contribution in [-0.4, -0.2) is 42.3 Å². The normalized spacial score (nSPS) is 14.4. The first kappa shape index (κ1) is 26.0. The number of carbonyl (C=O) groups is 2. The van der Waals surface area contributed by atoms with Crippen LogP contribution in [0.4, 0.5) is 4.39 Å². The lowest BCUT2D eigenvalue weighted by molar-refractivity contribution is -0.143. The second-order valence-electron chi connectivity index (χ2n) is 8.66. The molecule has 1 aliphatic rings. The molecule has 11 heteroatoms. The summed E-state index contributed by atoms with van der Waals surface area (Å²) in [5.74, 6) is -1.78. The Balaban J connectivity index is 1.43. The maximum atomic E-state index is 14.6. The Hall–Kier alpha value is -3.67. The van der Waals surface area contributed by atoms with Gasteiger partial charge in [0.2, 0.25) is 10.0 Å². The number of hydrogen-bond acceptors (Lipinski definition) is 6. The van der Waals surface area contributed by atoms with Crippen LogP contribution in [0.3, 0.4) is 0 Å². The summed E-state index contributed by atoms with van der Waals surface area (Å²) < 4.78 is 49.3. The Kier molecular flexibility index (Phi) is 7.24. The molecule has 0 N–H and O–H groups in total. The maximum Gasteiger partial charge on any atom is 0.326 e. The number of benzene rings is 3. The van der Waals surface area contributed by atoms with Gasteiger partial charge in [-0.15, -0.1) is 0 Å². The molecular formula is C27H24FN3O5S2. The van der Waals surface area contributed by atoms with Crippen molar-refractivity contribution in [1.29, 1.82) is 0 Å². The fourth-order valence-electron chi connectivity index (χ4n) is 4.40. The van der Waals surface area contributed by atoms with Gasteiger partial charge in [-0.1, -0.05) is 41.7 Å². The number of hydrogen-bond donors (Lipinski definition) is 0. The molecule has 1 amide bonds. The quantitative estimate of drug-likeness (QED) is 0.338. The summed E-state index contributed by atoms with van der Waals surface area (Å²) >= 11 is 1.07. The van der Waals surface area contributed by atoms with Gasteiger partial charge in [-0.2, -0.15) is 9.30 Å². The second kappa shape index (κ2) is 10.6. The number of aromatic nitrogens is 1. The van der Waals surface area contributed by atoms with Crippen LogP contribution in [0.15, 0.2) is 76.6 Å². The minimum atomic E-state index is -3.76. The molecule has 0 spiro atoms. The van der Waals surface area contributed by atoms with Gasteiger partial charge < -0.3 is 9.30 Å². The second-order valence-corrected chi connectivity index (χ2v) is 11.6. The lowest BCUT2D eigenvalue weighted by Crippen LogP contribution is -2.35. The zero-order valence-electron chi connectivity index (χ0n) is 20.5. The molecule has 0 atom stereocenters. The Morgan fingerprint density at radius 2 is 1.76 bits per heavy atom. The van der Waals surface area contributed by atoms with E-state index in [2.05, 4.69) is 4.99 Å². The molecule has 1 aliphatic heterocycles. The predicted octanol–water partition coefficient (Wildman–Crippen LogP) is 3.89. The van der Waals surface area contributed by atoms with Gasteiger partial charge in [0.1, 0.15) is 12.4 Å². The highest BCUT2D eigenvalue weighted by Crippen LogP contribution is 2.25. The van der Waals surface area contributed by atoms with E-state index in [9.17, 15) is 22.4 Å². The molecule has 196 valence electrons. The fraction of sp³-hybridized carbons (Fsp3) is 0.222. The van der Waals surface area contributed by atoms with Crippen LogP contribution in [0, 0.1) is 5.82 Å². The molecule has 0 aliphatic carbocycles. The van der Waals surface area contributed by atoms with E-state index in [1.54, 1.807) is 13.0 Å². The van der Waals surface area contributed by atoms with Crippen LogP contribution in [0.25, 0.3) is 10.2 Å². The molecule has 0 fully saturated rings. The minimum Gasteiger partial charge on any atom is -0.465 e. The van der Waals surface area contributed by atoms with Crippen LogP contribution < -0.4 is 4.80 Å². The Bertz CT molecular complexity index is 1710. The number of para-hydroxylation sites is 1. The van der Waals surface area contributed by atoms with Crippen LogP contribution >= 0.6 is 11.3 Å². The molecule has 4 aromatic rings. The summed E-state index contributed by atoms with van der Waals surface area (Å²) in [7, 11) is -3.76. The van der Waals surface area contributed by atoms with Crippen molar-refractivity contribution in [2.45, 2.75) is 31.3 Å². The van der Waals surface area contributed by atoms with Gasteiger partial charge >= 0.3 is 5.97 Å². The molecule has 8 nitrogen and oxygen atoms in total. The molecule has 2 heterocycles. The summed E-state index contributed by atoms with van der Waals surface area (Å²) in [6.45, 7) is 2.18. The predicted molar refractivity (Wildman–Crippen MR) is 140 cm³/mol. The van der Waals surface area contributed by atoms with Gasteiger partial charge in [0, 0.05) is 18.7 Å². The number of amides is 1. The van der Waals surface area contributed by atoms with Crippen molar-refractivity contribution in [3.8, 4) is 0 Å². The highest BCUT2D eigenvalue weighted by Gasteiger charge is 2.28. The van der Waals surface area contributed by atoms with Crippen molar-refractivity contribution in [2.24, 2.45) is 4.99 Å². The minimum absolute atomic E-state index is 0.0785. The van der Waals surface area contributed by atoms with Gasteiger partial charge in [0.05, 0.1) is 21.7 Å². The van der Waals surface area contributed by atoms with Crippen molar-refractivity contribution in [3.05, 3.63) is 94.0 Å². The number of halogens is 1. The first-order valence-corrected chi connectivity index (χ1v) is 14.2. The summed E-state index contributed by atoms with van der Waals surface area (Å²) in [5, 5.41) is 0. The first-order chi connectivity index (χ1) is 18.3. The number of esters is 1. The molecule has 3 aromatic carbocycles. The molecular weight excluding hydrogens is 529 g/mol. The molecule has 0 saturated heterocycles. The van der Waals surface area contributed by atoms with Crippen molar-refractivity contribution >= 4 is 43.5 Å². The number of sulfonamides is 1. The van der Waals surface area contributed by atoms with E-state index in [-0.39, 0.29) is 40.5 Å². The average Bonchev–Trinajstić information content (AvgIpc) is 3.26. The Morgan fingerprint density at radius 1 is 1.03 bits per heavy atom. The van der Waals surface area contributed by atoms with Gasteiger partial charge in [-0.3, -0.25) is 9.59 Å². The number of thiazole rings is 1. The molecule has 0 radical (unpaired) electrons. The van der Waals surface area contributed by atoms with E-state index < -0.39 is 27.7 Å². The van der Waals surface area contributed by atoms with Crippen LogP contribution in [0.1, 0.15) is 28.4 Å². The third-order valence-corrected chi connectivity index (χ3v) is 9.18. The van der Waals surface area contributed by atoms with E-state index in [1.807, 2.05) is 24.3 Å². The topological polar surface area (TPSA) is 98.0 Å².